The zero-order valence-corrected chi connectivity index (χ0v) is 13.6. The monoisotopic (exact) mass is 365 g/mol. The molecule has 1 aromatic carbocycles. The van der Waals surface area contributed by atoms with Gasteiger partial charge >= 0.3 is 5.97 Å². The van der Waals surface area contributed by atoms with Crippen molar-refractivity contribution in [2.45, 2.75) is 0 Å². The van der Waals surface area contributed by atoms with E-state index in [9.17, 15) is 19.7 Å². The van der Waals surface area contributed by atoms with Gasteiger partial charge in [-0.3, -0.25) is 14.9 Å². The average molecular weight is 366 g/mol. The van der Waals surface area contributed by atoms with Crippen LogP contribution in [0.2, 0.25) is 5.15 Å². The van der Waals surface area contributed by atoms with Gasteiger partial charge < -0.3 is 14.8 Å². The highest BCUT2D eigenvalue weighted by Gasteiger charge is 2.15. The second-order valence-electron chi connectivity index (χ2n) is 4.63. The summed E-state index contributed by atoms with van der Waals surface area (Å²) in [5, 5.41) is 13.3. The third-order valence-electron chi connectivity index (χ3n) is 2.97. The standard InChI is InChI=1S/C15H12ClN3O6/c1-24-12-7-10(19(22)23)2-3-11(12)18-14(20)8-25-15(21)9-4-5-17-13(16)6-9/h2-7H,8H2,1H3,(H,18,20). The van der Waals surface area contributed by atoms with Crippen LogP contribution in [0.3, 0.4) is 0 Å². The van der Waals surface area contributed by atoms with E-state index >= 15 is 0 Å². The van der Waals surface area contributed by atoms with Gasteiger partial charge in [-0.25, -0.2) is 9.78 Å². The molecule has 0 aliphatic rings. The molecule has 1 aromatic heterocycles. The van der Waals surface area contributed by atoms with E-state index in [1.54, 1.807) is 0 Å². The number of nitro groups is 1. The molecule has 0 bridgehead atoms. The number of aromatic nitrogens is 1. The van der Waals surface area contributed by atoms with Crippen LogP contribution < -0.4 is 10.1 Å². The van der Waals surface area contributed by atoms with Crippen molar-refractivity contribution >= 4 is 34.9 Å². The summed E-state index contributed by atoms with van der Waals surface area (Å²) >= 11 is 5.67. The predicted octanol–water partition coefficient (Wildman–Crippen LogP) is 2.45. The molecule has 0 aliphatic carbocycles. The molecule has 2 aromatic rings. The normalized spacial score (nSPS) is 10.0. The van der Waals surface area contributed by atoms with E-state index < -0.39 is 23.4 Å². The van der Waals surface area contributed by atoms with Gasteiger partial charge in [0.1, 0.15) is 10.9 Å². The van der Waals surface area contributed by atoms with Crippen LogP contribution in [0.4, 0.5) is 11.4 Å². The van der Waals surface area contributed by atoms with Gasteiger partial charge in [0.15, 0.2) is 6.61 Å². The van der Waals surface area contributed by atoms with E-state index in [0.29, 0.717) is 0 Å². The number of halogens is 1. The number of nitrogens with one attached hydrogen (secondary N) is 1. The van der Waals surface area contributed by atoms with Crippen molar-refractivity contribution in [2.24, 2.45) is 0 Å². The van der Waals surface area contributed by atoms with Crippen LogP contribution in [0, 0.1) is 10.1 Å². The number of nitrogens with zero attached hydrogens (tertiary/aromatic N) is 2. The molecule has 9 nitrogen and oxygen atoms in total. The molecule has 0 saturated heterocycles. The van der Waals surface area contributed by atoms with Gasteiger partial charge in [-0.1, -0.05) is 11.6 Å². The average Bonchev–Trinajstić information content (AvgIpc) is 2.59. The minimum Gasteiger partial charge on any atom is -0.494 e. The van der Waals surface area contributed by atoms with E-state index in [0.717, 1.165) is 0 Å². The maximum atomic E-state index is 11.9. The van der Waals surface area contributed by atoms with E-state index in [4.69, 9.17) is 21.1 Å². The summed E-state index contributed by atoms with van der Waals surface area (Å²) < 4.78 is 9.86. The number of ether oxygens (including phenoxy) is 2. The smallest absolute Gasteiger partial charge is 0.338 e. The van der Waals surface area contributed by atoms with Crippen molar-refractivity contribution in [1.29, 1.82) is 0 Å². The Bertz CT molecular complexity index is 827. The lowest BCUT2D eigenvalue weighted by Gasteiger charge is -2.10. The predicted molar refractivity (Wildman–Crippen MR) is 87.8 cm³/mol. The van der Waals surface area contributed by atoms with E-state index in [1.165, 1.54) is 43.6 Å². The SMILES string of the molecule is COc1cc([N+](=O)[O-])ccc1NC(=O)COC(=O)c1ccnc(Cl)c1. The van der Waals surface area contributed by atoms with Gasteiger partial charge in [0.05, 0.1) is 29.4 Å². The first kappa shape index (κ1) is 18.1. The highest BCUT2D eigenvalue weighted by Crippen LogP contribution is 2.28. The van der Waals surface area contributed by atoms with Gasteiger partial charge in [0.2, 0.25) is 0 Å². The molecule has 0 spiro atoms. The summed E-state index contributed by atoms with van der Waals surface area (Å²) in [6.07, 6.45) is 1.33. The van der Waals surface area contributed by atoms with Gasteiger partial charge in [-0.15, -0.1) is 0 Å². The first-order valence-corrected chi connectivity index (χ1v) is 7.19. The molecule has 0 atom stereocenters. The number of amides is 1. The lowest BCUT2D eigenvalue weighted by Crippen LogP contribution is -2.21. The van der Waals surface area contributed by atoms with Crippen LogP contribution in [0.25, 0.3) is 0 Å². The zero-order valence-electron chi connectivity index (χ0n) is 12.9. The number of rotatable bonds is 6. The fraction of sp³-hybridized carbons (Fsp3) is 0.133. The quantitative estimate of drug-likeness (QED) is 0.361. The molecule has 1 N–H and O–H groups in total. The van der Waals surface area contributed by atoms with Gasteiger partial charge in [0, 0.05) is 12.3 Å². The van der Waals surface area contributed by atoms with Crippen LogP contribution in [0.15, 0.2) is 36.5 Å². The van der Waals surface area contributed by atoms with Crippen molar-refractivity contribution in [3.63, 3.8) is 0 Å². The molecule has 0 unspecified atom stereocenters. The molecule has 0 radical (unpaired) electrons. The molecule has 10 heteroatoms. The minimum atomic E-state index is -0.741. The highest BCUT2D eigenvalue weighted by atomic mass is 35.5. The van der Waals surface area contributed by atoms with Crippen molar-refractivity contribution in [3.8, 4) is 5.75 Å². The van der Waals surface area contributed by atoms with E-state index in [1.807, 2.05) is 0 Å². The Labute approximate surface area is 146 Å². The molecule has 25 heavy (non-hydrogen) atoms. The summed E-state index contributed by atoms with van der Waals surface area (Å²) in [5.41, 5.74) is 0.178. The van der Waals surface area contributed by atoms with Crippen LogP contribution in [-0.4, -0.2) is 35.5 Å². The number of non-ortho nitro benzene ring substituents is 1. The van der Waals surface area contributed by atoms with E-state index in [-0.39, 0.29) is 27.8 Å². The van der Waals surface area contributed by atoms with Crippen LogP contribution in [-0.2, 0) is 9.53 Å². The van der Waals surface area contributed by atoms with Gasteiger partial charge in [0.25, 0.3) is 11.6 Å². The highest BCUT2D eigenvalue weighted by molar-refractivity contribution is 6.29. The lowest BCUT2D eigenvalue weighted by molar-refractivity contribution is -0.384. The zero-order chi connectivity index (χ0) is 18.4. The molecular weight excluding hydrogens is 354 g/mol. The van der Waals surface area contributed by atoms with Gasteiger partial charge in [-0.2, -0.15) is 0 Å². The number of anilines is 1. The second-order valence-corrected chi connectivity index (χ2v) is 5.02. The molecule has 2 rings (SSSR count). The number of nitro benzene ring substituents is 1. The number of pyridine rings is 1. The minimum absolute atomic E-state index is 0.106. The summed E-state index contributed by atoms with van der Waals surface area (Å²) in [6, 6.07) is 6.40. The first-order chi connectivity index (χ1) is 11.9. The largest absolute Gasteiger partial charge is 0.494 e. The third kappa shape index (κ3) is 4.88. The molecule has 1 amide bonds. The Morgan fingerprint density at radius 2 is 2.08 bits per heavy atom. The fourth-order valence-corrected chi connectivity index (χ4v) is 2.00. The lowest BCUT2D eigenvalue weighted by atomic mass is 10.2. The van der Waals surface area contributed by atoms with Crippen LogP contribution in [0.1, 0.15) is 10.4 Å². The topological polar surface area (TPSA) is 121 Å². The van der Waals surface area contributed by atoms with Crippen LogP contribution >= 0.6 is 11.6 Å². The van der Waals surface area contributed by atoms with Crippen molar-refractivity contribution in [2.75, 3.05) is 19.0 Å². The van der Waals surface area contributed by atoms with Crippen molar-refractivity contribution in [3.05, 3.63) is 57.4 Å². The van der Waals surface area contributed by atoms with E-state index in [2.05, 4.69) is 10.3 Å². The Kier molecular flexibility index (Phi) is 5.85. The summed E-state index contributed by atoms with van der Waals surface area (Å²) in [4.78, 5) is 37.6. The van der Waals surface area contributed by atoms with Crippen molar-refractivity contribution in [1.82, 2.24) is 4.98 Å². The third-order valence-corrected chi connectivity index (χ3v) is 3.17. The maximum absolute atomic E-state index is 11.9. The molecular formula is C15H12ClN3O6. The molecule has 130 valence electrons. The number of benzene rings is 1. The number of methoxy groups -OCH3 is 1. The fourth-order valence-electron chi connectivity index (χ4n) is 1.83. The Morgan fingerprint density at radius 3 is 2.72 bits per heavy atom. The van der Waals surface area contributed by atoms with Crippen molar-refractivity contribution < 1.29 is 24.0 Å². The molecule has 0 fully saturated rings. The number of esters is 1. The molecule has 1 heterocycles. The Hall–Kier alpha value is -3.20. The Balaban J connectivity index is 1.98. The number of hydrogen-bond donors (Lipinski definition) is 1. The number of carbonyl (C=O) groups is 2. The first-order valence-electron chi connectivity index (χ1n) is 6.81. The summed E-state index contributed by atoms with van der Waals surface area (Å²) in [7, 11) is 1.31. The molecule has 0 saturated carbocycles. The molecule has 0 aliphatic heterocycles. The number of hydrogen-bond acceptors (Lipinski definition) is 7. The summed E-state index contributed by atoms with van der Waals surface area (Å²) in [5.74, 6) is -1.27. The Morgan fingerprint density at radius 1 is 1.32 bits per heavy atom. The number of carbonyl (C=O) groups excluding carboxylic acids is 2. The maximum Gasteiger partial charge on any atom is 0.338 e. The van der Waals surface area contributed by atoms with Gasteiger partial charge in [-0.05, 0) is 18.2 Å². The summed E-state index contributed by atoms with van der Waals surface area (Å²) in [6.45, 7) is -0.557. The van der Waals surface area contributed by atoms with Crippen LogP contribution in [0.5, 0.6) is 5.75 Å². The second kappa shape index (κ2) is 8.06.